The Kier molecular flexibility index (Phi) is 7.51. The molecule has 9 heteroatoms. The molecule has 1 N–H and O–H groups in total. The van der Waals surface area contributed by atoms with E-state index in [0.717, 1.165) is 22.4 Å². The van der Waals surface area contributed by atoms with Crippen LogP contribution in [-0.2, 0) is 22.7 Å². The van der Waals surface area contributed by atoms with Gasteiger partial charge in [-0.15, -0.1) is 0 Å². The maximum absolute atomic E-state index is 13.9. The van der Waals surface area contributed by atoms with Crippen molar-refractivity contribution >= 4 is 23.5 Å². The molecule has 202 valence electrons. The van der Waals surface area contributed by atoms with Gasteiger partial charge in [0, 0.05) is 39.9 Å². The average Bonchev–Trinajstić information content (AvgIpc) is 3.28. The van der Waals surface area contributed by atoms with E-state index in [4.69, 9.17) is 0 Å². The largest absolute Gasteiger partial charge is 0.378 e. The van der Waals surface area contributed by atoms with Crippen LogP contribution in [0.1, 0.15) is 22.7 Å². The molecule has 9 nitrogen and oxygen atoms in total. The zero-order chi connectivity index (χ0) is 27.5. The molecule has 3 aromatic rings. The van der Waals surface area contributed by atoms with Gasteiger partial charge in [-0.25, -0.2) is 4.79 Å². The first-order chi connectivity index (χ1) is 18.8. The molecule has 5 rings (SSSR count). The number of carbonyl (C=O) groups is 3. The minimum absolute atomic E-state index is 0.0144. The third kappa shape index (κ3) is 5.44. The number of nitrogens with zero attached hydrogens (tertiary/aromatic N) is 5. The standard InChI is InChI=1S/C30H34N6O3/c1-32(2)25-16-10-13-23(17-25)19-34-20-26-35(33(3)30(39)31-18-22-11-6-4-7-12-22)21-27(37)36(26)28(29(34)38)24-14-8-5-9-15-24/h4-17,26,28H,18-21H2,1-3H3,(H,31,39)/t26-,28+/m1/s1. The highest BCUT2D eigenvalue weighted by atomic mass is 16.2. The highest BCUT2D eigenvalue weighted by Crippen LogP contribution is 2.36. The first kappa shape index (κ1) is 26.2. The minimum atomic E-state index is -0.764. The molecule has 39 heavy (non-hydrogen) atoms. The van der Waals surface area contributed by atoms with Crippen molar-refractivity contribution in [2.75, 3.05) is 39.1 Å². The molecule has 0 radical (unpaired) electrons. The van der Waals surface area contributed by atoms with Gasteiger partial charge in [-0.1, -0.05) is 72.8 Å². The Bertz CT molecular complexity index is 1330. The first-order valence-corrected chi connectivity index (χ1v) is 13.1. The maximum Gasteiger partial charge on any atom is 0.332 e. The van der Waals surface area contributed by atoms with E-state index in [9.17, 15) is 14.4 Å². The second-order valence-electron chi connectivity index (χ2n) is 10.1. The van der Waals surface area contributed by atoms with Crippen LogP contribution in [0, 0.1) is 0 Å². The number of hydrogen-bond donors (Lipinski definition) is 1. The molecule has 0 aliphatic carbocycles. The molecule has 2 saturated heterocycles. The lowest BCUT2D eigenvalue weighted by Gasteiger charge is -2.45. The van der Waals surface area contributed by atoms with Crippen LogP contribution in [0.5, 0.6) is 0 Å². The van der Waals surface area contributed by atoms with E-state index < -0.39 is 12.2 Å². The van der Waals surface area contributed by atoms with Gasteiger partial charge in [0.25, 0.3) is 5.91 Å². The summed E-state index contributed by atoms with van der Waals surface area (Å²) in [6.07, 6.45) is -0.482. The molecule has 2 aliphatic rings. The van der Waals surface area contributed by atoms with Crippen molar-refractivity contribution in [2.45, 2.75) is 25.3 Å². The number of hydrogen-bond acceptors (Lipinski definition) is 5. The van der Waals surface area contributed by atoms with Crippen LogP contribution in [0.2, 0.25) is 0 Å². The summed E-state index contributed by atoms with van der Waals surface area (Å²) in [4.78, 5) is 45.9. The smallest absolute Gasteiger partial charge is 0.332 e. The maximum atomic E-state index is 13.9. The Morgan fingerprint density at radius 2 is 1.56 bits per heavy atom. The molecule has 4 amide bonds. The topological polar surface area (TPSA) is 79.4 Å². The molecule has 3 aromatic carbocycles. The van der Waals surface area contributed by atoms with Gasteiger partial charge in [0.15, 0.2) is 0 Å². The van der Waals surface area contributed by atoms with E-state index in [1.54, 1.807) is 21.9 Å². The van der Waals surface area contributed by atoms with E-state index in [2.05, 4.69) is 11.4 Å². The average molecular weight is 527 g/mol. The Balaban J connectivity index is 1.41. The van der Waals surface area contributed by atoms with Crippen molar-refractivity contribution in [3.63, 3.8) is 0 Å². The van der Waals surface area contributed by atoms with Crippen molar-refractivity contribution < 1.29 is 14.4 Å². The number of rotatable bonds is 7. The molecule has 0 unspecified atom stereocenters. The van der Waals surface area contributed by atoms with Crippen LogP contribution in [0.3, 0.4) is 0 Å². The Labute approximate surface area is 229 Å². The molecule has 2 fully saturated rings. The molecular formula is C30H34N6O3. The van der Waals surface area contributed by atoms with Gasteiger partial charge in [0.1, 0.15) is 12.2 Å². The quantitative estimate of drug-likeness (QED) is 0.512. The lowest BCUT2D eigenvalue weighted by molar-refractivity contribution is -0.157. The van der Waals surface area contributed by atoms with Crippen LogP contribution in [0.25, 0.3) is 0 Å². The number of anilines is 1. The van der Waals surface area contributed by atoms with Crippen molar-refractivity contribution in [1.82, 2.24) is 25.1 Å². The molecule has 2 atom stereocenters. The molecular weight excluding hydrogens is 492 g/mol. The van der Waals surface area contributed by atoms with Gasteiger partial charge in [-0.2, -0.15) is 5.01 Å². The van der Waals surface area contributed by atoms with Gasteiger partial charge >= 0.3 is 6.03 Å². The molecule has 0 bridgehead atoms. The van der Waals surface area contributed by atoms with Crippen molar-refractivity contribution in [3.8, 4) is 0 Å². The predicted molar refractivity (Wildman–Crippen MR) is 149 cm³/mol. The second-order valence-corrected chi connectivity index (χ2v) is 10.1. The minimum Gasteiger partial charge on any atom is -0.378 e. The van der Waals surface area contributed by atoms with Crippen LogP contribution in [0.4, 0.5) is 10.5 Å². The predicted octanol–water partition coefficient (Wildman–Crippen LogP) is 3.06. The first-order valence-electron chi connectivity index (χ1n) is 13.1. The van der Waals surface area contributed by atoms with Crippen molar-refractivity contribution in [2.24, 2.45) is 0 Å². The zero-order valence-electron chi connectivity index (χ0n) is 22.5. The van der Waals surface area contributed by atoms with E-state index in [1.807, 2.05) is 97.9 Å². The fourth-order valence-corrected chi connectivity index (χ4v) is 5.26. The number of hydrazine groups is 1. The monoisotopic (exact) mass is 526 g/mol. The van der Waals surface area contributed by atoms with Gasteiger partial charge in [0.05, 0.1) is 13.1 Å². The molecule has 0 saturated carbocycles. The summed E-state index contributed by atoms with van der Waals surface area (Å²) >= 11 is 0. The zero-order valence-corrected chi connectivity index (χ0v) is 22.5. The highest BCUT2D eigenvalue weighted by molar-refractivity contribution is 5.92. The summed E-state index contributed by atoms with van der Waals surface area (Å²) in [6.45, 7) is 1.08. The molecule has 0 aromatic heterocycles. The molecule has 2 aliphatic heterocycles. The highest BCUT2D eigenvalue weighted by Gasteiger charge is 2.52. The van der Waals surface area contributed by atoms with Gasteiger partial charge in [-0.3, -0.25) is 14.6 Å². The van der Waals surface area contributed by atoms with Gasteiger partial charge in [-0.05, 0) is 28.8 Å². The third-order valence-corrected chi connectivity index (χ3v) is 7.34. The molecule has 2 heterocycles. The summed E-state index contributed by atoms with van der Waals surface area (Å²) in [7, 11) is 5.63. The number of carbonyl (C=O) groups excluding carboxylic acids is 3. The Morgan fingerprint density at radius 3 is 2.26 bits per heavy atom. The number of benzene rings is 3. The molecule has 0 spiro atoms. The van der Waals surface area contributed by atoms with Crippen LogP contribution < -0.4 is 10.2 Å². The van der Waals surface area contributed by atoms with Crippen LogP contribution in [0.15, 0.2) is 84.9 Å². The lowest BCUT2D eigenvalue weighted by Crippen LogP contribution is -2.62. The summed E-state index contributed by atoms with van der Waals surface area (Å²) in [5.41, 5.74) is 3.79. The van der Waals surface area contributed by atoms with E-state index in [1.165, 1.54) is 5.01 Å². The SMILES string of the molecule is CN(C)c1cccc(CN2C[C@H]3N(C(=O)CN3N(C)C(=O)NCc3ccccc3)[C@@H](c3ccccc3)C2=O)c1. The van der Waals surface area contributed by atoms with E-state index >= 15 is 0 Å². The lowest BCUT2D eigenvalue weighted by atomic mass is 10.00. The number of amides is 4. The number of fused-ring (bicyclic) bond motifs is 1. The van der Waals surface area contributed by atoms with Crippen molar-refractivity contribution in [3.05, 3.63) is 102 Å². The van der Waals surface area contributed by atoms with Gasteiger partial charge < -0.3 is 20.0 Å². The summed E-state index contributed by atoms with van der Waals surface area (Å²) in [5, 5.41) is 6.16. The number of piperazine rings is 1. The normalized spacial score (nSPS) is 19.2. The van der Waals surface area contributed by atoms with Gasteiger partial charge in [0.2, 0.25) is 5.91 Å². The van der Waals surface area contributed by atoms with Crippen molar-refractivity contribution in [1.29, 1.82) is 0 Å². The fraction of sp³-hybridized carbons (Fsp3) is 0.300. The van der Waals surface area contributed by atoms with Crippen LogP contribution in [-0.4, -0.2) is 78.1 Å². The number of nitrogens with one attached hydrogen (secondary N) is 1. The Morgan fingerprint density at radius 1 is 0.897 bits per heavy atom. The summed E-state index contributed by atoms with van der Waals surface area (Å²) < 4.78 is 0. The fourth-order valence-electron chi connectivity index (χ4n) is 5.26. The Hall–Kier alpha value is -4.37. The third-order valence-electron chi connectivity index (χ3n) is 7.34. The second kappa shape index (κ2) is 11.2. The van der Waals surface area contributed by atoms with E-state index in [0.29, 0.717) is 13.1 Å². The summed E-state index contributed by atoms with van der Waals surface area (Å²) in [5.74, 6) is -0.307. The van der Waals surface area contributed by atoms with E-state index in [-0.39, 0.29) is 30.9 Å². The van der Waals surface area contributed by atoms with Crippen LogP contribution >= 0.6 is 0 Å². The summed E-state index contributed by atoms with van der Waals surface area (Å²) in [6, 6.07) is 26.1. The number of urea groups is 1.